The molecule has 1 aliphatic heterocycles. The molecule has 0 atom stereocenters. The van der Waals surface area contributed by atoms with Gasteiger partial charge in [0.2, 0.25) is 0 Å². The summed E-state index contributed by atoms with van der Waals surface area (Å²) in [6, 6.07) is 7.46. The lowest BCUT2D eigenvalue weighted by atomic mass is 9.96. The highest BCUT2D eigenvalue weighted by Gasteiger charge is 2.33. The largest absolute Gasteiger partial charge is 0.381 e. The van der Waals surface area contributed by atoms with Crippen molar-refractivity contribution in [3.8, 4) is 0 Å². The van der Waals surface area contributed by atoms with E-state index in [0.29, 0.717) is 0 Å². The fourth-order valence-corrected chi connectivity index (χ4v) is 3.86. The van der Waals surface area contributed by atoms with E-state index in [4.69, 9.17) is 4.74 Å². The van der Waals surface area contributed by atoms with Crippen LogP contribution in [0, 0.1) is 10.1 Å². The highest BCUT2D eigenvalue weighted by molar-refractivity contribution is 7.90. The Morgan fingerprint density at radius 1 is 1.27 bits per heavy atom. The number of anilines is 1. The molecule has 1 aliphatic rings. The molecule has 1 aromatic carbocycles. The number of carbonyl (C=O) groups excluding carboxylic acids is 1. The summed E-state index contributed by atoms with van der Waals surface area (Å²) in [5.41, 5.74) is -2.29. The molecule has 1 fully saturated rings. The predicted molar refractivity (Wildman–Crippen MR) is 104 cm³/mol. The van der Waals surface area contributed by atoms with E-state index in [1.54, 1.807) is 6.07 Å². The number of nitrogens with one attached hydrogen (secondary N) is 2. The number of hydrogen-bond acceptors (Lipinski definition) is 8. The Morgan fingerprint density at radius 2 is 2.00 bits per heavy atom. The molecule has 2 heterocycles. The molecule has 0 unspecified atom stereocenters. The number of benzene rings is 1. The minimum atomic E-state index is -4.39. The lowest BCUT2D eigenvalue weighted by Crippen LogP contribution is -2.38. The molecule has 0 radical (unpaired) electrons. The van der Waals surface area contributed by atoms with Gasteiger partial charge in [-0.2, -0.15) is 0 Å². The molecule has 12 heteroatoms. The molecule has 0 bridgehead atoms. The Morgan fingerprint density at radius 3 is 2.63 bits per heavy atom. The Balaban J connectivity index is 1.80. The minimum Gasteiger partial charge on any atom is -0.381 e. The van der Waals surface area contributed by atoms with Crippen LogP contribution in [0.3, 0.4) is 0 Å². The normalized spacial score (nSPS) is 15.9. The monoisotopic (exact) mass is 438 g/mol. The van der Waals surface area contributed by atoms with Crippen LogP contribution in [0.15, 0.2) is 47.5 Å². The summed E-state index contributed by atoms with van der Waals surface area (Å²) in [6.07, 6.45) is 1.63. The number of alkyl halides is 1. The molecule has 1 aromatic heterocycles. The van der Waals surface area contributed by atoms with Crippen molar-refractivity contribution in [2.45, 2.75) is 23.4 Å². The van der Waals surface area contributed by atoms with Crippen molar-refractivity contribution >= 4 is 27.3 Å². The first-order chi connectivity index (χ1) is 14.2. The fourth-order valence-electron chi connectivity index (χ4n) is 2.88. The van der Waals surface area contributed by atoms with Gasteiger partial charge in [-0.05, 0) is 24.3 Å². The number of rotatable bonds is 7. The van der Waals surface area contributed by atoms with Crippen LogP contribution in [-0.4, -0.2) is 49.7 Å². The summed E-state index contributed by atoms with van der Waals surface area (Å²) in [4.78, 5) is 26.0. The Kier molecular flexibility index (Phi) is 6.27. The number of ether oxygens (including phenoxy) is 1. The van der Waals surface area contributed by atoms with Gasteiger partial charge in [0.05, 0.1) is 9.82 Å². The van der Waals surface area contributed by atoms with Gasteiger partial charge in [0, 0.05) is 44.9 Å². The first-order valence-electron chi connectivity index (χ1n) is 8.97. The highest BCUT2D eigenvalue weighted by Crippen LogP contribution is 2.30. The number of nitro benzene ring substituents is 1. The summed E-state index contributed by atoms with van der Waals surface area (Å²) >= 11 is 0. The maximum atomic E-state index is 14.7. The molecule has 1 amide bonds. The van der Waals surface area contributed by atoms with Crippen molar-refractivity contribution in [2.24, 2.45) is 0 Å². The van der Waals surface area contributed by atoms with Gasteiger partial charge in [-0.15, -0.1) is 0 Å². The fraction of sp³-hybridized carbons (Fsp3) is 0.333. The van der Waals surface area contributed by atoms with Gasteiger partial charge >= 0.3 is 0 Å². The molecular formula is C18H19FN4O6S. The van der Waals surface area contributed by atoms with E-state index in [2.05, 4.69) is 10.3 Å². The minimum absolute atomic E-state index is 0.0291. The van der Waals surface area contributed by atoms with Gasteiger partial charge in [0.25, 0.3) is 21.6 Å². The number of aromatic nitrogens is 1. The van der Waals surface area contributed by atoms with E-state index in [-0.39, 0.29) is 44.0 Å². The summed E-state index contributed by atoms with van der Waals surface area (Å²) < 4.78 is 46.6. The van der Waals surface area contributed by atoms with E-state index >= 15 is 0 Å². The molecule has 3 rings (SSSR count). The Bertz CT molecular complexity index is 1040. The molecule has 0 spiro atoms. The van der Waals surface area contributed by atoms with E-state index in [1.165, 1.54) is 24.4 Å². The SMILES string of the molecule is O=C(NS(=O)(=O)c1ccc(NCC2(F)CCOCC2)c([N+](=O)[O-])c1)c1ccccn1. The van der Waals surface area contributed by atoms with Crippen LogP contribution in [0.2, 0.25) is 0 Å². The standard InChI is InChI=1S/C18H19FN4O6S/c19-18(6-9-29-10-7-18)12-21-14-5-4-13(11-16(14)23(25)26)30(27,28)22-17(24)15-3-1-2-8-20-15/h1-5,8,11,21H,6-7,9-10,12H2,(H,22,24). The molecule has 160 valence electrons. The van der Waals surface area contributed by atoms with Gasteiger partial charge in [-0.1, -0.05) is 6.07 Å². The average molecular weight is 438 g/mol. The average Bonchev–Trinajstić information content (AvgIpc) is 2.73. The highest BCUT2D eigenvalue weighted by atomic mass is 32.2. The lowest BCUT2D eigenvalue weighted by Gasteiger charge is -2.29. The molecule has 2 N–H and O–H groups in total. The Labute approximate surface area is 171 Å². The maximum absolute atomic E-state index is 14.7. The van der Waals surface area contributed by atoms with Crippen LogP contribution < -0.4 is 10.0 Å². The zero-order valence-corrected chi connectivity index (χ0v) is 16.5. The van der Waals surface area contributed by atoms with Crippen molar-refractivity contribution < 1.29 is 27.3 Å². The second-order valence-corrected chi connectivity index (χ2v) is 8.38. The molecule has 0 saturated carbocycles. The second kappa shape index (κ2) is 8.71. The molecule has 10 nitrogen and oxygen atoms in total. The van der Waals surface area contributed by atoms with Crippen molar-refractivity contribution in [1.29, 1.82) is 0 Å². The lowest BCUT2D eigenvalue weighted by molar-refractivity contribution is -0.384. The van der Waals surface area contributed by atoms with Gasteiger partial charge in [0.1, 0.15) is 17.1 Å². The summed E-state index contributed by atoms with van der Waals surface area (Å²) in [5.74, 6) is -0.973. The van der Waals surface area contributed by atoms with E-state index in [0.717, 1.165) is 12.1 Å². The smallest absolute Gasteiger partial charge is 0.293 e. The van der Waals surface area contributed by atoms with Crippen LogP contribution in [0.25, 0.3) is 0 Å². The zero-order valence-electron chi connectivity index (χ0n) is 15.7. The van der Waals surface area contributed by atoms with Crippen LogP contribution in [0.5, 0.6) is 0 Å². The van der Waals surface area contributed by atoms with Crippen LogP contribution in [0.1, 0.15) is 23.3 Å². The van der Waals surface area contributed by atoms with Gasteiger partial charge in [-0.25, -0.2) is 17.5 Å². The van der Waals surface area contributed by atoms with Gasteiger partial charge < -0.3 is 10.1 Å². The molecule has 2 aromatic rings. The number of hydrogen-bond donors (Lipinski definition) is 2. The number of pyridine rings is 1. The third-order valence-corrected chi connectivity index (χ3v) is 5.91. The van der Waals surface area contributed by atoms with Crippen molar-refractivity contribution in [2.75, 3.05) is 25.1 Å². The second-order valence-electron chi connectivity index (χ2n) is 6.70. The molecule has 0 aliphatic carbocycles. The van der Waals surface area contributed by atoms with Crippen molar-refractivity contribution in [3.63, 3.8) is 0 Å². The summed E-state index contributed by atoms with van der Waals surface area (Å²) in [5, 5.41) is 14.1. The van der Waals surface area contributed by atoms with Gasteiger partial charge in [0.15, 0.2) is 0 Å². The summed E-state index contributed by atoms with van der Waals surface area (Å²) in [6.45, 7) is 0.334. The Hall–Kier alpha value is -3.12. The molecular weight excluding hydrogens is 419 g/mol. The third-order valence-electron chi connectivity index (χ3n) is 4.59. The van der Waals surface area contributed by atoms with Crippen LogP contribution in [0.4, 0.5) is 15.8 Å². The molecule has 30 heavy (non-hydrogen) atoms. The number of amides is 1. The third kappa shape index (κ3) is 5.07. The predicted octanol–water partition coefficient (Wildman–Crippen LogP) is 2.04. The van der Waals surface area contributed by atoms with E-state index in [9.17, 15) is 27.7 Å². The first-order valence-corrected chi connectivity index (χ1v) is 10.5. The van der Waals surface area contributed by atoms with E-state index < -0.39 is 37.1 Å². The number of carbonyl (C=O) groups is 1. The van der Waals surface area contributed by atoms with E-state index in [1.807, 2.05) is 4.72 Å². The van der Waals surface area contributed by atoms with Crippen LogP contribution in [-0.2, 0) is 14.8 Å². The number of nitrogens with zero attached hydrogens (tertiary/aromatic N) is 2. The van der Waals surface area contributed by atoms with Crippen molar-refractivity contribution in [1.82, 2.24) is 9.71 Å². The number of sulfonamides is 1. The van der Waals surface area contributed by atoms with Crippen molar-refractivity contribution in [3.05, 3.63) is 58.4 Å². The topological polar surface area (TPSA) is 141 Å². The first kappa shape index (κ1) is 21.6. The van der Waals surface area contributed by atoms with Crippen LogP contribution >= 0.6 is 0 Å². The molecule has 1 saturated heterocycles. The summed E-state index contributed by atoms with van der Waals surface area (Å²) in [7, 11) is -4.39. The maximum Gasteiger partial charge on any atom is 0.293 e. The zero-order chi connectivity index (χ0) is 21.8. The van der Waals surface area contributed by atoms with Gasteiger partial charge in [-0.3, -0.25) is 19.9 Å². The number of nitro groups is 1. The quantitative estimate of drug-likeness (QED) is 0.494. The number of halogens is 1.